The van der Waals surface area contributed by atoms with Crippen LogP contribution in [0.2, 0.25) is 16.6 Å². The average Bonchev–Trinajstić information content (AvgIpc) is 3.47. The van der Waals surface area contributed by atoms with E-state index in [1.807, 2.05) is 6.07 Å². The lowest BCUT2D eigenvalue weighted by atomic mass is 10.0. The van der Waals surface area contributed by atoms with E-state index >= 15 is 0 Å². The molecule has 2 heterocycles. The summed E-state index contributed by atoms with van der Waals surface area (Å²) in [7, 11) is -0.701. The lowest BCUT2D eigenvalue weighted by molar-refractivity contribution is -0.133. The number of rotatable bonds is 8. The zero-order valence-corrected chi connectivity index (χ0v) is 26.2. The summed E-state index contributed by atoms with van der Waals surface area (Å²) in [4.78, 5) is 29.3. The molecule has 0 saturated carbocycles. The molecule has 0 spiro atoms. The van der Waals surface area contributed by atoms with Gasteiger partial charge in [0.1, 0.15) is 5.60 Å². The molecule has 10 heteroatoms. The molecule has 0 bridgehead atoms. The van der Waals surface area contributed by atoms with Crippen molar-refractivity contribution in [3.63, 3.8) is 0 Å². The smallest absolute Gasteiger partial charge is 0.419 e. The summed E-state index contributed by atoms with van der Waals surface area (Å²) in [6.45, 7) is 19.1. The predicted octanol–water partition coefficient (Wildman–Crippen LogP) is 8.91. The summed E-state index contributed by atoms with van der Waals surface area (Å²) in [6, 6.07) is 7.06. The summed E-state index contributed by atoms with van der Waals surface area (Å²) in [5.41, 5.74) is 12.3. The van der Waals surface area contributed by atoms with E-state index in [1.54, 1.807) is 51.2 Å². The van der Waals surface area contributed by atoms with Gasteiger partial charge in [-0.05, 0) is 67.3 Å². The molecular weight excluding hydrogens is 522 g/mol. The average molecular weight is 564 g/mol. The van der Waals surface area contributed by atoms with E-state index in [9.17, 15) is 15.1 Å². The first-order valence-corrected chi connectivity index (χ1v) is 15.8. The Hall–Kier alpha value is -3.75. The molecule has 0 atom stereocenters. The van der Waals surface area contributed by atoms with Gasteiger partial charge in [0.05, 0.1) is 18.2 Å². The van der Waals surface area contributed by atoms with Gasteiger partial charge in [0.25, 0.3) is 0 Å². The molecule has 9 nitrogen and oxygen atoms in total. The summed E-state index contributed by atoms with van der Waals surface area (Å²) in [5.74, 6) is -0.511. The Bertz CT molecular complexity index is 1460. The van der Waals surface area contributed by atoms with E-state index in [4.69, 9.17) is 9.47 Å². The second-order valence-electron chi connectivity index (χ2n) is 12.0. The SMILES string of the molecule is COC(=O)/C(=C/c1cn(C(=O)OC(C)(C)C)c2cccc(N=[N+]=[N-])c12)c1ccn([Si](C(C)C)(C(C)C)C(C)C)c1. The molecule has 1 aromatic carbocycles. The van der Waals surface area contributed by atoms with Gasteiger partial charge in [0, 0.05) is 39.5 Å². The number of hydrogen-bond donors (Lipinski definition) is 0. The van der Waals surface area contributed by atoms with Crippen molar-refractivity contribution in [1.29, 1.82) is 0 Å². The van der Waals surface area contributed by atoms with Crippen molar-refractivity contribution in [2.24, 2.45) is 5.11 Å². The monoisotopic (exact) mass is 563 g/mol. The van der Waals surface area contributed by atoms with Crippen molar-refractivity contribution in [3.05, 3.63) is 64.4 Å². The fraction of sp³-hybridized carbons (Fsp3) is 0.467. The number of fused-ring (bicyclic) bond motifs is 1. The molecule has 0 saturated heterocycles. The van der Waals surface area contributed by atoms with Gasteiger partial charge < -0.3 is 13.7 Å². The molecule has 0 unspecified atom stereocenters. The lowest BCUT2D eigenvalue weighted by Gasteiger charge is -2.44. The van der Waals surface area contributed by atoms with Crippen molar-refractivity contribution in [2.75, 3.05) is 7.11 Å². The van der Waals surface area contributed by atoms with Gasteiger partial charge in [-0.1, -0.05) is 58.8 Å². The standard InChI is InChI=1S/C30H41N5O4Si/c1-19(2)40(20(3)4,21(5)6)34-15-14-22(17-34)24(28(36)38-10)16-23-18-35(29(37)39-30(7,8)9)26-13-11-12-25(27(23)26)32-33-31/h11-21H,1-10H3/b24-16+. The maximum atomic E-state index is 13.2. The van der Waals surface area contributed by atoms with Crippen LogP contribution in [0, 0.1) is 0 Å². The van der Waals surface area contributed by atoms with Gasteiger partial charge in [-0.25, -0.2) is 9.59 Å². The minimum absolute atomic E-state index is 0.333. The Kier molecular flexibility index (Phi) is 9.06. The highest BCUT2D eigenvalue weighted by atomic mass is 28.3. The molecular formula is C30H41N5O4Si. The maximum Gasteiger partial charge on any atom is 0.419 e. The summed E-state index contributed by atoms with van der Waals surface area (Å²) >= 11 is 0. The number of aromatic nitrogens is 2. The van der Waals surface area contributed by atoms with Gasteiger partial charge in [0.15, 0.2) is 8.24 Å². The van der Waals surface area contributed by atoms with Gasteiger partial charge in [-0.3, -0.25) is 4.57 Å². The number of azide groups is 1. The Labute approximate surface area is 237 Å². The number of methoxy groups -OCH3 is 1. The second-order valence-corrected chi connectivity index (χ2v) is 17.8. The van der Waals surface area contributed by atoms with Crippen molar-refractivity contribution in [3.8, 4) is 0 Å². The molecule has 40 heavy (non-hydrogen) atoms. The third-order valence-corrected chi connectivity index (χ3v) is 14.2. The van der Waals surface area contributed by atoms with Crippen LogP contribution in [0.25, 0.3) is 33.0 Å². The first-order chi connectivity index (χ1) is 18.7. The minimum atomic E-state index is -2.05. The molecule has 0 aliphatic heterocycles. The van der Waals surface area contributed by atoms with Crippen LogP contribution in [0.4, 0.5) is 10.5 Å². The molecule has 0 aliphatic rings. The third-order valence-electron chi connectivity index (χ3n) is 7.51. The Morgan fingerprint density at radius 1 is 1.02 bits per heavy atom. The summed E-state index contributed by atoms with van der Waals surface area (Å²) in [6.07, 6.45) is 6.84. The Balaban J connectivity index is 2.31. The number of nitrogens with zero attached hydrogens (tertiary/aromatic N) is 5. The first-order valence-electron chi connectivity index (χ1n) is 13.6. The predicted molar refractivity (Wildman–Crippen MR) is 163 cm³/mol. The van der Waals surface area contributed by atoms with E-state index < -0.39 is 25.9 Å². The van der Waals surface area contributed by atoms with E-state index in [-0.39, 0.29) is 0 Å². The molecule has 3 rings (SSSR count). The molecule has 2 aromatic heterocycles. The third kappa shape index (κ3) is 5.73. The largest absolute Gasteiger partial charge is 0.465 e. The van der Waals surface area contributed by atoms with Crippen molar-refractivity contribution in [1.82, 2.24) is 8.80 Å². The zero-order valence-electron chi connectivity index (χ0n) is 25.2. The molecule has 3 aromatic rings. The number of esters is 1. The molecule has 214 valence electrons. The van der Waals surface area contributed by atoms with Crippen LogP contribution in [0.15, 0.2) is 48.0 Å². The van der Waals surface area contributed by atoms with Gasteiger partial charge in [0.2, 0.25) is 0 Å². The van der Waals surface area contributed by atoms with E-state index in [1.165, 1.54) is 11.7 Å². The van der Waals surface area contributed by atoms with Gasteiger partial charge >= 0.3 is 12.1 Å². The minimum Gasteiger partial charge on any atom is -0.465 e. The van der Waals surface area contributed by atoms with E-state index in [0.29, 0.717) is 49.9 Å². The molecule has 0 fully saturated rings. The summed E-state index contributed by atoms with van der Waals surface area (Å²) in [5, 5.41) is 4.38. The van der Waals surface area contributed by atoms with Crippen LogP contribution in [0.1, 0.15) is 73.4 Å². The highest BCUT2D eigenvalue weighted by Gasteiger charge is 2.45. The van der Waals surface area contributed by atoms with Crippen LogP contribution >= 0.6 is 0 Å². The molecule has 0 N–H and O–H groups in total. The van der Waals surface area contributed by atoms with Crippen LogP contribution in [-0.4, -0.2) is 41.8 Å². The second kappa shape index (κ2) is 11.8. The van der Waals surface area contributed by atoms with Crippen molar-refractivity contribution >= 4 is 48.5 Å². The first kappa shape index (κ1) is 30.8. The van der Waals surface area contributed by atoms with Gasteiger partial charge in [-0.15, -0.1) is 0 Å². The summed E-state index contributed by atoms with van der Waals surface area (Å²) < 4.78 is 14.5. The number of hydrogen-bond acceptors (Lipinski definition) is 5. The highest BCUT2D eigenvalue weighted by molar-refractivity contribution is 6.82. The van der Waals surface area contributed by atoms with E-state index in [0.717, 1.165) is 0 Å². The normalized spacial score (nSPS) is 12.8. The highest BCUT2D eigenvalue weighted by Crippen LogP contribution is 2.43. The number of benzene rings is 1. The quantitative estimate of drug-likeness (QED) is 0.0680. The number of carbonyl (C=O) groups is 2. The Morgan fingerprint density at radius 2 is 1.65 bits per heavy atom. The topological polar surface area (TPSA) is 111 Å². The fourth-order valence-electron chi connectivity index (χ4n) is 6.22. The Morgan fingerprint density at radius 3 is 2.17 bits per heavy atom. The van der Waals surface area contributed by atoms with Crippen molar-refractivity contribution < 1.29 is 19.1 Å². The number of ether oxygens (including phenoxy) is 2. The zero-order chi connectivity index (χ0) is 30.0. The van der Waals surface area contributed by atoms with Crippen molar-refractivity contribution in [2.45, 2.75) is 84.5 Å². The van der Waals surface area contributed by atoms with Crippen LogP contribution < -0.4 is 0 Å². The van der Waals surface area contributed by atoms with Gasteiger partial charge in [-0.2, -0.15) is 0 Å². The van der Waals surface area contributed by atoms with E-state index in [2.05, 4.69) is 68.2 Å². The number of carbonyl (C=O) groups excluding carboxylic acids is 2. The lowest BCUT2D eigenvalue weighted by Crippen LogP contribution is -2.51. The van der Waals surface area contributed by atoms with Crippen LogP contribution in [0.5, 0.6) is 0 Å². The molecule has 0 radical (unpaired) electrons. The van der Waals surface area contributed by atoms with Crippen LogP contribution in [0.3, 0.4) is 0 Å². The maximum absolute atomic E-state index is 13.2. The van der Waals surface area contributed by atoms with Crippen LogP contribution in [-0.2, 0) is 14.3 Å². The molecule has 0 amide bonds. The fourth-order valence-corrected chi connectivity index (χ4v) is 12.7. The molecule has 0 aliphatic carbocycles.